The number of amides is 3. The van der Waals surface area contributed by atoms with Gasteiger partial charge in [0.1, 0.15) is 17.5 Å². The summed E-state index contributed by atoms with van der Waals surface area (Å²) in [5, 5.41) is 2.88. The van der Waals surface area contributed by atoms with E-state index in [2.05, 4.69) is 5.32 Å². The third-order valence-corrected chi connectivity index (χ3v) is 6.85. The molecule has 174 valence electrons. The number of likely N-dealkylation sites (tertiary alicyclic amines) is 1. The lowest BCUT2D eigenvalue weighted by Crippen LogP contribution is -2.59. The van der Waals surface area contributed by atoms with Crippen LogP contribution in [0.2, 0.25) is 0 Å². The number of nitrogens with zero attached hydrogens (tertiary/aromatic N) is 2. The van der Waals surface area contributed by atoms with Crippen molar-refractivity contribution in [3.63, 3.8) is 0 Å². The Morgan fingerprint density at radius 1 is 1.12 bits per heavy atom. The lowest BCUT2D eigenvalue weighted by molar-refractivity contribution is -0.144. The molecule has 0 radical (unpaired) electrons. The standard InChI is InChI=1S/C25H29N3O5/c1-17-4-2-5-19(14-17)24(31)28-21(22(29)26-15-20-6-3-13-32-20)16-33-25(28)9-11-27(12-10-25)23(30)18-7-8-18/h2-6,13-14,18,21H,7-12,15-16H2,1H3,(H,26,29). The van der Waals surface area contributed by atoms with Crippen LogP contribution in [0.5, 0.6) is 0 Å². The van der Waals surface area contributed by atoms with Gasteiger partial charge in [0.25, 0.3) is 5.91 Å². The number of carbonyl (C=O) groups is 3. The molecule has 0 bridgehead atoms. The van der Waals surface area contributed by atoms with Crippen molar-refractivity contribution >= 4 is 17.7 Å². The van der Waals surface area contributed by atoms with Gasteiger partial charge in [0.05, 0.1) is 19.4 Å². The maximum Gasteiger partial charge on any atom is 0.256 e. The van der Waals surface area contributed by atoms with Gasteiger partial charge in [-0.05, 0) is 44.0 Å². The molecule has 33 heavy (non-hydrogen) atoms. The Bertz CT molecular complexity index is 1040. The van der Waals surface area contributed by atoms with Gasteiger partial charge in [0, 0.05) is 37.4 Å². The van der Waals surface area contributed by atoms with Gasteiger partial charge in [-0.2, -0.15) is 0 Å². The number of carbonyl (C=O) groups excluding carboxylic acids is 3. The third kappa shape index (κ3) is 4.27. The van der Waals surface area contributed by atoms with Crippen LogP contribution in [0.15, 0.2) is 47.1 Å². The van der Waals surface area contributed by atoms with Gasteiger partial charge < -0.3 is 19.4 Å². The summed E-state index contributed by atoms with van der Waals surface area (Å²) in [7, 11) is 0. The fourth-order valence-electron chi connectivity index (χ4n) is 4.85. The summed E-state index contributed by atoms with van der Waals surface area (Å²) in [5.41, 5.74) is 0.604. The van der Waals surface area contributed by atoms with Crippen LogP contribution in [-0.2, 0) is 20.9 Å². The zero-order valence-electron chi connectivity index (χ0n) is 18.8. The molecule has 8 nitrogen and oxygen atoms in total. The van der Waals surface area contributed by atoms with Crippen LogP contribution in [0, 0.1) is 12.8 Å². The van der Waals surface area contributed by atoms with Crippen LogP contribution >= 0.6 is 0 Å². The van der Waals surface area contributed by atoms with Gasteiger partial charge in [0.15, 0.2) is 0 Å². The number of piperidine rings is 1. The number of aryl methyl sites for hydroxylation is 1. The highest BCUT2D eigenvalue weighted by Crippen LogP contribution is 2.40. The molecule has 3 amide bonds. The van der Waals surface area contributed by atoms with Crippen molar-refractivity contribution in [3.05, 3.63) is 59.5 Å². The van der Waals surface area contributed by atoms with Gasteiger partial charge >= 0.3 is 0 Å². The summed E-state index contributed by atoms with van der Waals surface area (Å²) in [4.78, 5) is 42.9. The summed E-state index contributed by atoms with van der Waals surface area (Å²) < 4.78 is 11.5. The molecule has 2 aromatic rings. The summed E-state index contributed by atoms with van der Waals surface area (Å²) in [6.45, 7) is 3.34. The Kier molecular flexibility index (Phi) is 5.70. The largest absolute Gasteiger partial charge is 0.467 e. The summed E-state index contributed by atoms with van der Waals surface area (Å²) in [5.74, 6) is 0.498. The topological polar surface area (TPSA) is 92.1 Å². The van der Waals surface area contributed by atoms with Crippen LogP contribution in [0.3, 0.4) is 0 Å². The summed E-state index contributed by atoms with van der Waals surface area (Å²) in [6, 6.07) is 10.2. The highest BCUT2D eigenvalue weighted by Gasteiger charge is 2.54. The van der Waals surface area contributed by atoms with Gasteiger partial charge in [-0.25, -0.2) is 0 Å². The molecule has 1 aliphatic carbocycles. The zero-order chi connectivity index (χ0) is 23.0. The monoisotopic (exact) mass is 451 g/mol. The second-order valence-corrected chi connectivity index (χ2v) is 9.21. The quantitative estimate of drug-likeness (QED) is 0.754. The molecule has 2 aliphatic heterocycles. The first-order chi connectivity index (χ1) is 16.0. The molecule has 1 aromatic heterocycles. The van der Waals surface area contributed by atoms with Crippen molar-refractivity contribution in [3.8, 4) is 0 Å². The van der Waals surface area contributed by atoms with E-state index in [1.807, 2.05) is 30.0 Å². The molecule has 8 heteroatoms. The Labute approximate surface area is 192 Å². The van der Waals surface area contributed by atoms with E-state index in [-0.39, 0.29) is 36.8 Å². The van der Waals surface area contributed by atoms with Crippen molar-refractivity contribution in [1.82, 2.24) is 15.1 Å². The Morgan fingerprint density at radius 3 is 2.58 bits per heavy atom. The molecule has 5 rings (SSSR count). The number of hydrogen-bond donors (Lipinski definition) is 1. The van der Waals surface area contributed by atoms with Crippen LogP contribution < -0.4 is 5.32 Å². The maximum absolute atomic E-state index is 13.7. The molecule has 3 aliphatic rings. The van der Waals surface area contributed by atoms with E-state index in [1.54, 1.807) is 29.4 Å². The molecule has 1 N–H and O–H groups in total. The number of ether oxygens (including phenoxy) is 1. The number of rotatable bonds is 5. The second kappa shape index (κ2) is 8.67. The SMILES string of the molecule is Cc1cccc(C(=O)N2C(C(=O)NCc3ccco3)COC23CCN(C(=O)C2CC2)CC3)c1. The normalized spacial score (nSPS) is 21.9. The molecule has 3 heterocycles. The van der Waals surface area contributed by atoms with Gasteiger partial charge in [0.2, 0.25) is 11.8 Å². The highest BCUT2D eigenvalue weighted by molar-refractivity contribution is 5.98. The Balaban J connectivity index is 1.37. The Morgan fingerprint density at radius 2 is 1.91 bits per heavy atom. The summed E-state index contributed by atoms with van der Waals surface area (Å²) in [6.07, 6.45) is 4.47. The minimum absolute atomic E-state index is 0.123. The van der Waals surface area contributed by atoms with E-state index in [1.165, 1.54) is 0 Å². The van der Waals surface area contributed by atoms with E-state index in [4.69, 9.17) is 9.15 Å². The second-order valence-electron chi connectivity index (χ2n) is 9.21. The average Bonchev–Trinajstić information content (AvgIpc) is 3.42. The highest BCUT2D eigenvalue weighted by atomic mass is 16.5. The van der Waals surface area contributed by atoms with Gasteiger partial charge in [-0.3, -0.25) is 19.3 Å². The lowest BCUT2D eigenvalue weighted by atomic mass is 9.96. The number of benzene rings is 1. The van der Waals surface area contributed by atoms with E-state index in [0.29, 0.717) is 37.3 Å². The van der Waals surface area contributed by atoms with Crippen molar-refractivity contribution in [2.24, 2.45) is 5.92 Å². The van der Waals surface area contributed by atoms with Crippen molar-refractivity contribution < 1.29 is 23.5 Å². The van der Waals surface area contributed by atoms with Crippen molar-refractivity contribution in [2.45, 2.75) is 50.9 Å². The smallest absolute Gasteiger partial charge is 0.256 e. The predicted octanol–water partition coefficient (Wildman–Crippen LogP) is 2.47. The number of furan rings is 1. The zero-order valence-corrected chi connectivity index (χ0v) is 18.8. The first-order valence-electron chi connectivity index (χ1n) is 11.6. The van der Waals surface area contributed by atoms with Crippen molar-refractivity contribution in [2.75, 3.05) is 19.7 Å². The number of nitrogens with one attached hydrogen (secondary N) is 1. The van der Waals surface area contributed by atoms with Gasteiger partial charge in [-0.15, -0.1) is 0 Å². The van der Waals surface area contributed by atoms with Crippen LogP contribution in [-0.4, -0.2) is 59.0 Å². The van der Waals surface area contributed by atoms with Crippen molar-refractivity contribution in [1.29, 1.82) is 0 Å². The molecule has 1 unspecified atom stereocenters. The van der Waals surface area contributed by atoms with E-state index < -0.39 is 11.8 Å². The molecular formula is C25H29N3O5. The van der Waals surface area contributed by atoms with Gasteiger partial charge in [-0.1, -0.05) is 17.7 Å². The van der Waals surface area contributed by atoms with Crippen LogP contribution in [0.4, 0.5) is 0 Å². The molecule has 1 saturated carbocycles. The van der Waals surface area contributed by atoms with Crippen LogP contribution in [0.25, 0.3) is 0 Å². The molecule has 2 saturated heterocycles. The minimum Gasteiger partial charge on any atom is -0.467 e. The first kappa shape index (κ1) is 21.7. The Hall–Kier alpha value is -3.13. The third-order valence-electron chi connectivity index (χ3n) is 6.85. The molecular weight excluding hydrogens is 422 g/mol. The molecule has 1 spiro atoms. The maximum atomic E-state index is 13.7. The van der Waals surface area contributed by atoms with E-state index in [9.17, 15) is 14.4 Å². The molecule has 1 aromatic carbocycles. The minimum atomic E-state index is -0.895. The molecule has 1 atom stereocenters. The van der Waals surface area contributed by atoms with Crippen LogP contribution in [0.1, 0.15) is 47.4 Å². The fourth-order valence-corrected chi connectivity index (χ4v) is 4.85. The lowest BCUT2D eigenvalue weighted by Gasteiger charge is -2.44. The summed E-state index contributed by atoms with van der Waals surface area (Å²) >= 11 is 0. The average molecular weight is 452 g/mol. The predicted molar refractivity (Wildman–Crippen MR) is 119 cm³/mol. The van der Waals surface area contributed by atoms with E-state index >= 15 is 0 Å². The van der Waals surface area contributed by atoms with E-state index in [0.717, 1.165) is 18.4 Å². The number of hydrogen-bond acceptors (Lipinski definition) is 5. The first-order valence-corrected chi connectivity index (χ1v) is 11.6. The fraction of sp³-hybridized carbons (Fsp3) is 0.480. The molecule has 3 fully saturated rings.